The van der Waals surface area contributed by atoms with Gasteiger partial charge in [0.05, 0.1) is 0 Å². The monoisotopic (exact) mass is 582 g/mol. The summed E-state index contributed by atoms with van der Waals surface area (Å²) in [6.07, 6.45) is 0. The molecule has 0 heterocycles. The van der Waals surface area contributed by atoms with Crippen molar-refractivity contribution in [2.24, 2.45) is 0 Å². The molecule has 0 fully saturated rings. The molecule has 46 heavy (non-hydrogen) atoms. The molecule has 0 heteroatoms. The Bertz CT molecular complexity index is 2500. The van der Waals surface area contributed by atoms with Crippen LogP contribution in [0.1, 0.15) is 0 Å². The Hall–Kier alpha value is -5.98. The van der Waals surface area contributed by atoms with Gasteiger partial charge in [-0.3, -0.25) is 0 Å². The van der Waals surface area contributed by atoms with Crippen molar-refractivity contribution in [3.8, 4) is 44.5 Å². The summed E-state index contributed by atoms with van der Waals surface area (Å²) in [6.45, 7) is 0. The molecule has 0 bridgehead atoms. The van der Waals surface area contributed by atoms with Gasteiger partial charge in [-0.05, 0) is 93.7 Å². The second kappa shape index (κ2) is 10.9. The topological polar surface area (TPSA) is 0 Å². The highest BCUT2D eigenvalue weighted by molar-refractivity contribution is 6.24. The lowest BCUT2D eigenvalue weighted by Crippen LogP contribution is -1.92. The first-order valence-corrected chi connectivity index (χ1v) is 15.9. The fourth-order valence-corrected chi connectivity index (χ4v) is 7.31. The summed E-state index contributed by atoms with van der Waals surface area (Å²) in [4.78, 5) is 0. The smallest absolute Gasteiger partial charge is 0.00201 e. The zero-order valence-electron chi connectivity index (χ0n) is 25.3. The second-order valence-corrected chi connectivity index (χ2v) is 12.1. The summed E-state index contributed by atoms with van der Waals surface area (Å²) in [5.74, 6) is 0. The molecule has 0 unspecified atom stereocenters. The normalized spacial score (nSPS) is 11.5. The van der Waals surface area contributed by atoms with Crippen LogP contribution in [-0.4, -0.2) is 0 Å². The van der Waals surface area contributed by atoms with Gasteiger partial charge in [-0.15, -0.1) is 0 Å². The van der Waals surface area contributed by atoms with Crippen molar-refractivity contribution in [2.75, 3.05) is 0 Å². The molecule has 214 valence electrons. The molecule has 0 saturated carbocycles. The number of hydrogen-bond donors (Lipinski definition) is 0. The SMILES string of the molecule is c1ccc(-c2ccc(-c3c4ccccc4c(-c4ccc(-c5ccc6ccccc6c5)cc4)c4ccccc34)c3ccccc23)cc1. The van der Waals surface area contributed by atoms with Crippen LogP contribution in [-0.2, 0) is 0 Å². The van der Waals surface area contributed by atoms with Crippen molar-refractivity contribution in [1.82, 2.24) is 0 Å². The first kappa shape index (κ1) is 26.4. The number of rotatable bonds is 4. The molecule has 9 aromatic rings. The number of fused-ring (bicyclic) bond motifs is 4. The largest absolute Gasteiger partial charge is 0.0622 e. The van der Waals surface area contributed by atoms with Crippen LogP contribution in [0.4, 0.5) is 0 Å². The van der Waals surface area contributed by atoms with E-state index in [1.54, 1.807) is 0 Å². The average molecular weight is 583 g/mol. The lowest BCUT2D eigenvalue weighted by molar-refractivity contribution is 1.62. The Labute approximate surface area is 268 Å². The minimum atomic E-state index is 1.23. The Morgan fingerprint density at radius 2 is 0.674 bits per heavy atom. The van der Waals surface area contributed by atoms with E-state index in [0.29, 0.717) is 0 Å². The second-order valence-electron chi connectivity index (χ2n) is 12.1. The van der Waals surface area contributed by atoms with Crippen LogP contribution in [0.15, 0.2) is 182 Å². The van der Waals surface area contributed by atoms with Gasteiger partial charge in [0, 0.05) is 0 Å². The maximum atomic E-state index is 2.33. The van der Waals surface area contributed by atoms with Crippen LogP contribution in [0.3, 0.4) is 0 Å². The molecule has 0 aliphatic heterocycles. The highest BCUT2D eigenvalue weighted by Gasteiger charge is 2.19. The van der Waals surface area contributed by atoms with Crippen LogP contribution < -0.4 is 0 Å². The average Bonchev–Trinajstić information content (AvgIpc) is 3.14. The van der Waals surface area contributed by atoms with Gasteiger partial charge in [0.15, 0.2) is 0 Å². The minimum absolute atomic E-state index is 1.23. The Kier molecular flexibility index (Phi) is 6.25. The van der Waals surface area contributed by atoms with Crippen LogP contribution in [0.25, 0.3) is 87.6 Å². The van der Waals surface area contributed by atoms with E-state index in [2.05, 4.69) is 182 Å². The van der Waals surface area contributed by atoms with Crippen molar-refractivity contribution in [2.45, 2.75) is 0 Å². The maximum Gasteiger partial charge on any atom is -0.00201 e. The summed E-state index contributed by atoms with van der Waals surface area (Å²) < 4.78 is 0. The highest BCUT2D eigenvalue weighted by atomic mass is 14.2. The minimum Gasteiger partial charge on any atom is -0.0622 e. The van der Waals surface area contributed by atoms with Crippen molar-refractivity contribution >= 4 is 43.1 Å². The Morgan fingerprint density at radius 3 is 1.33 bits per heavy atom. The fourth-order valence-electron chi connectivity index (χ4n) is 7.31. The molecule has 0 nitrogen and oxygen atoms in total. The fraction of sp³-hybridized carbons (Fsp3) is 0. The zero-order chi connectivity index (χ0) is 30.5. The van der Waals surface area contributed by atoms with E-state index in [9.17, 15) is 0 Å². The van der Waals surface area contributed by atoms with Crippen LogP contribution in [0.2, 0.25) is 0 Å². The molecule has 0 atom stereocenters. The van der Waals surface area contributed by atoms with Gasteiger partial charge in [0.2, 0.25) is 0 Å². The van der Waals surface area contributed by atoms with E-state index in [1.165, 1.54) is 87.6 Å². The number of benzene rings is 9. The van der Waals surface area contributed by atoms with Crippen molar-refractivity contribution < 1.29 is 0 Å². The van der Waals surface area contributed by atoms with Gasteiger partial charge in [-0.2, -0.15) is 0 Å². The lowest BCUT2D eigenvalue weighted by Gasteiger charge is -2.20. The summed E-state index contributed by atoms with van der Waals surface area (Å²) in [7, 11) is 0. The predicted octanol–water partition coefficient (Wildman–Crippen LogP) is 13.0. The predicted molar refractivity (Wildman–Crippen MR) is 198 cm³/mol. The highest BCUT2D eigenvalue weighted by Crippen LogP contribution is 2.46. The summed E-state index contributed by atoms with van der Waals surface area (Å²) in [5.41, 5.74) is 10.0. The molecule has 0 aliphatic rings. The van der Waals surface area contributed by atoms with Crippen molar-refractivity contribution in [3.63, 3.8) is 0 Å². The lowest BCUT2D eigenvalue weighted by atomic mass is 9.83. The van der Waals surface area contributed by atoms with Crippen molar-refractivity contribution in [3.05, 3.63) is 182 Å². The molecule has 0 amide bonds. The Balaban J connectivity index is 1.26. The van der Waals surface area contributed by atoms with E-state index in [0.717, 1.165) is 0 Å². The Morgan fingerprint density at radius 1 is 0.217 bits per heavy atom. The molecule has 0 aromatic heterocycles. The molecule has 9 aromatic carbocycles. The van der Waals surface area contributed by atoms with Gasteiger partial charge in [0.1, 0.15) is 0 Å². The summed E-state index contributed by atoms with van der Waals surface area (Å²) in [6, 6.07) is 66.5. The third-order valence-corrected chi connectivity index (χ3v) is 9.47. The molecule has 0 saturated heterocycles. The summed E-state index contributed by atoms with van der Waals surface area (Å²) >= 11 is 0. The molecule has 0 N–H and O–H groups in total. The zero-order valence-corrected chi connectivity index (χ0v) is 25.3. The van der Waals surface area contributed by atoms with Crippen LogP contribution in [0.5, 0.6) is 0 Å². The molecule has 9 rings (SSSR count). The first-order chi connectivity index (χ1) is 22.8. The number of hydrogen-bond acceptors (Lipinski definition) is 0. The van der Waals surface area contributed by atoms with E-state index in [4.69, 9.17) is 0 Å². The molecular weight excluding hydrogens is 553 g/mol. The van der Waals surface area contributed by atoms with E-state index in [1.807, 2.05) is 0 Å². The van der Waals surface area contributed by atoms with Gasteiger partial charge in [0.25, 0.3) is 0 Å². The molecule has 0 spiro atoms. The van der Waals surface area contributed by atoms with E-state index < -0.39 is 0 Å². The molecule has 0 radical (unpaired) electrons. The molecule has 0 aliphatic carbocycles. The van der Waals surface area contributed by atoms with Gasteiger partial charge >= 0.3 is 0 Å². The third-order valence-electron chi connectivity index (χ3n) is 9.47. The standard InChI is InChI=1S/C46H30/c1-2-13-33(14-3-1)37-28-29-44(39-17-7-6-16-38(37)39)46-42-20-10-8-18-40(42)45(41-19-9-11-21-43(41)46)34-25-22-32(23-26-34)36-27-24-31-12-4-5-15-35(31)30-36/h1-30H. The molecular formula is C46H30. The van der Waals surface area contributed by atoms with E-state index in [-0.39, 0.29) is 0 Å². The quantitative estimate of drug-likeness (QED) is 0.181. The first-order valence-electron chi connectivity index (χ1n) is 15.9. The maximum absolute atomic E-state index is 2.33. The van der Waals surface area contributed by atoms with E-state index >= 15 is 0 Å². The van der Waals surface area contributed by atoms with Crippen molar-refractivity contribution in [1.29, 1.82) is 0 Å². The van der Waals surface area contributed by atoms with Gasteiger partial charge in [-0.1, -0.05) is 176 Å². The third kappa shape index (κ3) is 4.30. The van der Waals surface area contributed by atoms with Crippen LogP contribution >= 0.6 is 0 Å². The van der Waals surface area contributed by atoms with Crippen LogP contribution in [0, 0.1) is 0 Å². The van der Waals surface area contributed by atoms with Gasteiger partial charge < -0.3 is 0 Å². The summed E-state index contributed by atoms with van der Waals surface area (Å²) in [5, 5.41) is 10.2. The van der Waals surface area contributed by atoms with Gasteiger partial charge in [-0.25, -0.2) is 0 Å².